The first-order valence-corrected chi connectivity index (χ1v) is 8.22. The summed E-state index contributed by atoms with van der Waals surface area (Å²) in [5, 5.41) is 1.20. The number of carbonyl (C=O) groups is 1. The molecule has 0 radical (unpaired) electrons. The van der Waals surface area contributed by atoms with Gasteiger partial charge in [-0.3, -0.25) is 4.79 Å². The minimum absolute atomic E-state index is 0.0914. The Hall–Kier alpha value is -2.62. The smallest absolute Gasteiger partial charge is 0.227 e. The number of nitrogens with zero attached hydrogens (tertiary/aromatic N) is 1. The third-order valence-electron chi connectivity index (χ3n) is 4.75. The van der Waals surface area contributed by atoms with Crippen LogP contribution in [0.1, 0.15) is 22.4 Å². The summed E-state index contributed by atoms with van der Waals surface area (Å²) >= 11 is 0. The van der Waals surface area contributed by atoms with Crippen molar-refractivity contribution in [1.29, 1.82) is 0 Å². The number of H-pyrrole nitrogens is 1. The first-order chi connectivity index (χ1) is 11.6. The third-order valence-corrected chi connectivity index (χ3v) is 4.75. The molecule has 0 spiro atoms. The summed E-state index contributed by atoms with van der Waals surface area (Å²) < 4.78 is 13.0. The topological polar surface area (TPSA) is 36.1 Å². The SMILES string of the molecule is Cc1ccc2c3c([nH]c2c1)CCN(C(=O)Cc1ccc(F)cc1)C3. The van der Waals surface area contributed by atoms with Gasteiger partial charge in [-0.2, -0.15) is 0 Å². The molecule has 122 valence electrons. The van der Waals surface area contributed by atoms with Crippen LogP contribution in [-0.2, 0) is 24.2 Å². The standard InChI is InChI=1S/C20H19FN2O/c1-13-2-7-16-17-12-23(9-8-18(17)22-19(16)10-13)20(24)11-14-3-5-15(21)6-4-14/h2-7,10,22H,8-9,11-12H2,1H3. The van der Waals surface area contributed by atoms with E-state index in [1.807, 2.05) is 4.90 Å². The maximum atomic E-state index is 13.0. The van der Waals surface area contributed by atoms with E-state index in [0.29, 0.717) is 13.0 Å². The highest BCUT2D eigenvalue weighted by atomic mass is 19.1. The van der Waals surface area contributed by atoms with Gasteiger partial charge in [-0.25, -0.2) is 4.39 Å². The highest BCUT2D eigenvalue weighted by Gasteiger charge is 2.24. The lowest BCUT2D eigenvalue weighted by atomic mass is 10.0. The van der Waals surface area contributed by atoms with Crippen LogP contribution in [0.2, 0.25) is 0 Å². The molecule has 0 bridgehead atoms. The molecule has 0 aliphatic carbocycles. The van der Waals surface area contributed by atoms with Crippen molar-refractivity contribution in [2.75, 3.05) is 6.54 Å². The lowest BCUT2D eigenvalue weighted by molar-refractivity contribution is -0.131. The Morgan fingerprint density at radius 3 is 2.79 bits per heavy atom. The molecule has 1 N–H and O–H groups in total. The second-order valence-electron chi connectivity index (χ2n) is 6.50. The van der Waals surface area contributed by atoms with Crippen LogP contribution in [0.25, 0.3) is 10.9 Å². The number of halogens is 1. The maximum absolute atomic E-state index is 13.0. The van der Waals surface area contributed by atoms with Crippen LogP contribution in [0.3, 0.4) is 0 Å². The highest BCUT2D eigenvalue weighted by Crippen LogP contribution is 2.28. The number of aromatic amines is 1. The van der Waals surface area contributed by atoms with Gasteiger partial charge in [0.05, 0.1) is 6.42 Å². The quantitative estimate of drug-likeness (QED) is 0.766. The molecule has 4 heteroatoms. The van der Waals surface area contributed by atoms with Gasteiger partial charge in [-0.1, -0.05) is 24.3 Å². The number of benzene rings is 2. The van der Waals surface area contributed by atoms with E-state index < -0.39 is 0 Å². The van der Waals surface area contributed by atoms with Gasteiger partial charge in [0.15, 0.2) is 0 Å². The number of hydrogen-bond acceptors (Lipinski definition) is 1. The van der Waals surface area contributed by atoms with Crippen molar-refractivity contribution in [2.24, 2.45) is 0 Å². The Kier molecular flexibility index (Phi) is 3.60. The Labute approximate surface area is 140 Å². The van der Waals surface area contributed by atoms with Gasteiger partial charge < -0.3 is 9.88 Å². The number of rotatable bonds is 2. The van der Waals surface area contributed by atoms with Crippen molar-refractivity contribution < 1.29 is 9.18 Å². The number of aromatic nitrogens is 1. The van der Waals surface area contributed by atoms with Gasteiger partial charge in [-0.05, 0) is 36.2 Å². The van der Waals surface area contributed by atoms with Crippen LogP contribution in [-0.4, -0.2) is 22.3 Å². The van der Waals surface area contributed by atoms with Gasteiger partial charge in [-0.15, -0.1) is 0 Å². The molecule has 0 fully saturated rings. The predicted octanol–water partition coefficient (Wildman–Crippen LogP) is 3.74. The Bertz CT molecular complexity index is 911. The second-order valence-corrected chi connectivity index (χ2v) is 6.50. The molecule has 24 heavy (non-hydrogen) atoms. The minimum Gasteiger partial charge on any atom is -0.358 e. The lowest BCUT2D eigenvalue weighted by Gasteiger charge is -2.27. The molecule has 4 rings (SSSR count). The number of hydrogen-bond donors (Lipinski definition) is 1. The van der Waals surface area contributed by atoms with E-state index >= 15 is 0 Å². The summed E-state index contributed by atoms with van der Waals surface area (Å²) in [6.45, 7) is 3.44. The highest BCUT2D eigenvalue weighted by molar-refractivity contribution is 5.87. The van der Waals surface area contributed by atoms with Crippen LogP contribution < -0.4 is 0 Å². The second kappa shape index (κ2) is 5.78. The fourth-order valence-corrected chi connectivity index (χ4v) is 3.44. The molecule has 1 aliphatic heterocycles. The molecule has 2 heterocycles. The first-order valence-electron chi connectivity index (χ1n) is 8.22. The number of fused-ring (bicyclic) bond motifs is 3. The van der Waals surface area contributed by atoms with Crippen LogP contribution in [0.15, 0.2) is 42.5 Å². The van der Waals surface area contributed by atoms with Gasteiger partial charge in [0.25, 0.3) is 0 Å². The number of aryl methyl sites for hydroxylation is 1. The summed E-state index contributed by atoms with van der Waals surface area (Å²) in [4.78, 5) is 18.0. The Morgan fingerprint density at radius 1 is 1.21 bits per heavy atom. The van der Waals surface area contributed by atoms with E-state index in [9.17, 15) is 9.18 Å². The molecule has 1 aromatic heterocycles. The molecule has 0 saturated carbocycles. The largest absolute Gasteiger partial charge is 0.358 e. The zero-order valence-corrected chi connectivity index (χ0v) is 13.6. The molecular formula is C20H19FN2O. The molecule has 1 aliphatic rings. The average molecular weight is 322 g/mol. The summed E-state index contributed by atoms with van der Waals surface area (Å²) in [5.41, 5.74) is 5.69. The van der Waals surface area contributed by atoms with Gasteiger partial charge in [0, 0.05) is 41.7 Å². The van der Waals surface area contributed by atoms with Crippen molar-refractivity contribution >= 4 is 16.8 Å². The van der Waals surface area contributed by atoms with Gasteiger partial charge in [0.2, 0.25) is 5.91 Å². The summed E-state index contributed by atoms with van der Waals surface area (Å²) in [7, 11) is 0. The minimum atomic E-state index is -0.275. The molecular weight excluding hydrogens is 303 g/mol. The summed E-state index contributed by atoms with van der Waals surface area (Å²) in [6, 6.07) is 12.5. The number of nitrogens with one attached hydrogen (secondary N) is 1. The van der Waals surface area contributed by atoms with Crippen molar-refractivity contribution in [2.45, 2.75) is 26.3 Å². The molecule has 2 aromatic carbocycles. The van der Waals surface area contributed by atoms with Crippen LogP contribution in [0.4, 0.5) is 4.39 Å². The predicted molar refractivity (Wildman–Crippen MR) is 92.3 cm³/mol. The molecule has 1 amide bonds. The molecule has 0 saturated heterocycles. The van der Waals surface area contributed by atoms with E-state index in [4.69, 9.17) is 0 Å². The van der Waals surface area contributed by atoms with Gasteiger partial charge >= 0.3 is 0 Å². The van der Waals surface area contributed by atoms with Gasteiger partial charge in [0.1, 0.15) is 5.82 Å². The average Bonchev–Trinajstić information content (AvgIpc) is 2.93. The van der Waals surface area contributed by atoms with E-state index in [2.05, 4.69) is 30.1 Å². The third kappa shape index (κ3) is 2.68. The molecule has 3 aromatic rings. The number of amides is 1. The van der Waals surface area contributed by atoms with Crippen LogP contribution >= 0.6 is 0 Å². The zero-order valence-electron chi connectivity index (χ0n) is 13.6. The Morgan fingerprint density at radius 2 is 2.00 bits per heavy atom. The monoisotopic (exact) mass is 322 g/mol. The Balaban J connectivity index is 1.56. The van der Waals surface area contributed by atoms with Crippen LogP contribution in [0, 0.1) is 12.7 Å². The normalized spacial score (nSPS) is 14.0. The molecule has 3 nitrogen and oxygen atoms in total. The van der Waals surface area contributed by atoms with E-state index in [1.54, 1.807) is 12.1 Å². The van der Waals surface area contributed by atoms with E-state index in [-0.39, 0.29) is 11.7 Å². The summed E-state index contributed by atoms with van der Waals surface area (Å²) in [5.74, 6) is -0.184. The fraction of sp³-hybridized carbons (Fsp3) is 0.250. The van der Waals surface area contributed by atoms with Crippen molar-refractivity contribution in [3.05, 3.63) is 70.7 Å². The van der Waals surface area contributed by atoms with Crippen molar-refractivity contribution in [3.8, 4) is 0 Å². The van der Waals surface area contributed by atoms with Crippen LogP contribution in [0.5, 0.6) is 0 Å². The maximum Gasteiger partial charge on any atom is 0.227 e. The van der Waals surface area contributed by atoms with E-state index in [1.165, 1.54) is 34.3 Å². The molecule has 0 unspecified atom stereocenters. The fourth-order valence-electron chi connectivity index (χ4n) is 3.44. The first kappa shape index (κ1) is 14.9. The van der Waals surface area contributed by atoms with Crippen molar-refractivity contribution in [3.63, 3.8) is 0 Å². The zero-order chi connectivity index (χ0) is 16.7. The molecule has 0 atom stereocenters. The van der Waals surface area contributed by atoms with E-state index in [0.717, 1.165) is 24.0 Å². The summed E-state index contributed by atoms with van der Waals surface area (Å²) in [6.07, 6.45) is 1.16. The number of carbonyl (C=O) groups excluding carboxylic acids is 1. The lowest BCUT2D eigenvalue weighted by Crippen LogP contribution is -2.36. The van der Waals surface area contributed by atoms with Crippen molar-refractivity contribution in [1.82, 2.24) is 9.88 Å².